The number of hydrogen-bond acceptors (Lipinski definition) is 7. The SMILES string of the molecule is CCOCCCn1cnc2c(c1=O)c1nc3ccccc3nc1n2Cc1ccc2c(c1)OCO2. The Morgan fingerprint density at radius 3 is 2.71 bits per heavy atom. The monoisotopic (exact) mass is 457 g/mol. The molecule has 3 aromatic heterocycles. The third-order valence-corrected chi connectivity index (χ3v) is 5.99. The van der Waals surface area contributed by atoms with Crippen molar-refractivity contribution >= 4 is 33.2 Å². The summed E-state index contributed by atoms with van der Waals surface area (Å²) < 4.78 is 20.0. The van der Waals surface area contributed by atoms with E-state index in [9.17, 15) is 4.79 Å². The van der Waals surface area contributed by atoms with Gasteiger partial charge in [0.1, 0.15) is 10.9 Å². The summed E-state index contributed by atoms with van der Waals surface area (Å²) in [7, 11) is 0. The zero-order chi connectivity index (χ0) is 23.1. The first-order valence-electron chi connectivity index (χ1n) is 11.3. The minimum Gasteiger partial charge on any atom is -0.454 e. The molecule has 9 heteroatoms. The van der Waals surface area contributed by atoms with Crippen LogP contribution < -0.4 is 15.0 Å². The lowest BCUT2D eigenvalue weighted by atomic mass is 10.2. The van der Waals surface area contributed by atoms with E-state index in [1.807, 2.05) is 54.0 Å². The maximum atomic E-state index is 13.5. The largest absolute Gasteiger partial charge is 0.454 e. The van der Waals surface area contributed by atoms with Crippen molar-refractivity contribution in [2.24, 2.45) is 0 Å². The fourth-order valence-electron chi connectivity index (χ4n) is 4.35. The van der Waals surface area contributed by atoms with Gasteiger partial charge in [0, 0.05) is 19.8 Å². The van der Waals surface area contributed by atoms with Gasteiger partial charge in [0.15, 0.2) is 22.8 Å². The van der Waals surface area contributed by atoms with E-state index < -0.39 is 0 Å². The van der Waals surface area contributed by atoms with Crippen molar-refractivity contribution in [1.82, 2.24) is 24.1 Å². The summed E-state index contributed by atoms with van der Waals surface area (Å²) in [5, 5.41) is 0.480. The van der Waals surface area contributed by atoms with Gasteiger partial charge in [-0.25, -0.2) is 15.0 Å². The lowest BCUT2D eigenvalue weighted by Gasteiger charge is -2.08. The van der Waals surface area contributed by atoms with Crippen LogP contribution in [0.15, 0.2) is 53.6 Å². The molecular weight excluding hydrogens is 434 g/mol. The molecule has 0 fully saturated rings. The first kappa shape index (κ1) is 20.6. The molecule has 1 aliphatic rings. The Labute approximate surface area is 194 Å². The Kier molecular flexibility index (Phi) is 5.10. The van der Waals surface area contributed by atoms with E-state index in [1.165, 1.54) is 0 Å². The predicted molar refractivity (Wildman–Crippen MR) is 127 cm³/mol. The van der Waals surface area contributed by atoms with Crippen molar-refractivity contribution in [1.29, 1.82) is 0 Å². The van der Waals surface area contributed by atoms with Crippen LogP contribution in [0, 0.1) is 0 Å². The lowest BCUT2D eigenvalue weighted by Crippen LogP contribution is -2.21. The van der Waals surface area contributed by atoms with Crippen molar-refractivity contribution < 1.29 is 14.2 Å². The van der Waals surface area contributed by atoms with Crippen molar-refractivity contribution in [3.8, 4) is 11.5 Å². The second-order valence-electron chi connectivity index (χ2n) is 8.15. The standard InChI is InChI=1S/C25H23N5O4/c1-2-32-11-5-10-29-14-26-23-21(25(29)31)22-24(28-18-7-4-3-6-17(18)27-22)30(23)13-16-8-9-19-20(12-16)34-15-33-19/h3-4,6-9,12,14H,2,5,10-11,13,15H2,1H3. The summed E-state index contributed by atoms with van der Waals surface area (Å²) in [5.74, 6) is 1.43. The van der Waals surface area contributed by atoms with Crippen LogP contribution in [0.25, 0.3) is 33.2 Å². The molecule has 0 aliphatic carbocycles. The van der Waals surface area contributed by atoms with E-state index in [0.717, 1.165) is 28.8 Å². The number of nitrogens with zero attached hydrogens (tertiary/aromatic N) is 5. The van der Waals surface area contributed by atoms with E-state index in [-0.39, 0.29) is 12.4 Å². The highest BCUT2D eigenvalue weighted by Crippen LogP contribution is 2.33. The van der Waals surface area contributed by atoms with Gasteiger partial charge < -0.3 is 18.8 Å². The lowest BCUT2D eigenvalue weighted by molar-refractivity contribution is 0.141. The molecule has 4 heterocycles. The molecule has 0 atom stereocenters. The van der Waals surface area contributed by atoms with Crippen LogP contribution >= 0.6 is 0 Å². The molecule has 1 aliphatic heterocycles. The van der Waals surface area contributed by atoms with Gasteiger partial charge in [0.2, 0.25) is 6.79 Å². The van der Waals surface area contributed by atoms with Crippen LogP contribution in [0.4, 0.5) is 0 Å². The van der Waals surface area contributed by atoms with Gasteiger partial charge in [-0.3, -0.25) is 9.36 Å². The number of fused-ring (bicyclic) bond motifs is 5. The van der Waals surface area contributed by atoms with Gasteiger partial charge >= 0.3 is 0 Å². The number of aromatic nitrogens is 5. The van der Waals surface area contributed by atoms with E-state index in [2.05, 4.69) is 4.98 Å². The van der Waals surface area contributed by atoms with Crippen molar-refractivity contribution in [3.63, 3.8) is 0 Å². The second-order valence-corrected chi connectivity index (χ2v) is 8.15. The van der Waals surface area contributed by atoms with Crippen LogP contribution in [-0.2, 0) is 17.8 Å². The summed E-state index contributed by atoms with van der Waals surface area (Å²) in [6.45, 7) is 4.41. The van der Waals surface area contributed by atoms with Gasteiger partial charge in [-0.1, -0.05) is 18.2 Å². The number of para-hydroxylation sites is 2. The minimum absolute atomic E-state index is 0.125. The van der Waals surface area contributed by atoms with E-state index in [1.54, 1.807) is 10.9 Å². The van der Waals surface area contributed by atoms with E-state index >= 15 is 0 Å². The molecule has 0 N–H and O–H groups in total. The van der Waals surface area contributed by atoms with Crippen molar-refractivity contribution in [2.45, 2.75) is 26.4 Å². The Morgan fingerprint density at radius 2 is 1.85 bits per heavy atom. The molecule has 172 valence electrons. The number of aryl methyl sites for hydroxylation is 1. The molecule has 0 saturated carbocycles. The van der Waals surface area contributed by atoms with Gasteiger partial charge in [0.25, 0.3) is 5.56 Å². The third-order valence-electron chi connectivity index (χ3n) is 5.99. The van der Waals surface area contributed by atoms with Crippen LogP contribution in [0.2, 0.25) is 0 Å². The zero-order valence-corrected chi connectivity index (χ0v) is 18.7. The molecule has 0 unspecified atom stereocenters. The van der Waals surface area contributed by atoms with Crippen molar-refractivity contribution in [2.75, 3.05) is 20.0 Å². The smallest absolute Gasteiger partial charge is 0.265 e. The Bertz CT molecular complexity index is 1590. The second kappa shape index (κ2) is 8.42. The Morgan fingerprint density at radius 1 is 1.03 bits per heavy atom. The fraction of sp³-hybridized carbons (Fsp3) is 0.280. The number of benzene rings is 2. The molecule has 34 heavy (non-hydrogen) atoms. The highest BCUT2D eigenvalue weighted by molar-refractivity contribution is 6.04. The van der Waals surface area contributed by atoms with Gasteiger partial charge in [-0.15, -0.1) is 0 Å². The van der Waals surface area contributed by atoms with Crippen LogP contribution in [-0.4, -0.2) is 44.1 Å². The number of ether oxygens (including phenoxy) is 3. The highest BCUT2D eigenvalue weighted by Gasteiger charge is 2.21. The van der Waals surface area contributed by atoms with E-state index in [0.29, 0.717) is 54.3 Å². The molecule has 6 rings (SSSR count). The highest BCUT2D eigenvalue weighted by atomic mass is 16.7. The minimum atomic E-state index is -0.125. The number of hydrogen-bond donors (Lipinski definition) is 0. The van der Waals surface area contributed by atoms with Gasteiger partial charge in [-0.05, 0) is 43.2 Å². The molecule has 0 amide bonds. The summed E-state index contributed by atoms with van der Waals surface area (Å²) in [5.41, 5.74) is 4.12. The zero-order valence-electron chi connectivity index (χ0n) is 18.7. The molecule has 0 spiro atoms. The molecule has 9 nitrogen and oxygen atoms in total. The fourth-order valence-corrected chi connectivity index (χ4v) is 4.35. The summed E-state index contributed by atoms with van der Waals surface area (Å²) in [6, 6.07) is 13.5. The van der Waals surface area contributed by atoms with Crippen LogP contribution in [0.3, 0.4) is 0 Å². The average molecular weight is 457 g/mol. The van der Waals surface area contributed by atoms with Gasteiger partial charge in [0.05, 0.1) is 23.9 Å². The molecular formula is C25H23N5O4. The summed E-state index contributed by atoms with van der Waals surface area (Å²) in [6.07, 6.45) is 2.33. The van der Waals surface area contributed by atoms with Crippen LogP contribution in [0.5, 0.6) is 11.5 Å². The first-order chi connectivity index (χ1) is 16.7. The first-order valence-corrected chi connectivity index (χ1v) is 11.3. The Balaban J connectivity index is 1.52. The van der Waals surface area contributed by atoms with E-state index in [4.69, 9.17) is 24.2 Å². The topological polar surface area (TPSA) is 93.3 Å². The normalized spacial score (nSPS) is 12.9. The quantitative estimate of drug-likeness (QED) is 0.345. The maximum Gasteiger partial charge on any atom is 0.265 e. The predicted octanol–water partition coefficient (Wildman–Crippen LogP) is 3.50. The molecule has 0 saturated heterocycles. The number of rotatable bonds is 7. The molecule has 0 radical (unpaired) electrons. The molecule has 2 aromatic carbocycles. The molecule has 0 bridgehead atoms. The third kappa shape index (κ3) is 3.45. The van der Waals surface area contributed by atoms with Gasteiger partial charge in [-0.2, -0.15) is 0 Å². The average Bonchev–Trinajstić information content (AvgIpc) is 3.44. The summed E-state index contributed by atoms with van der Waals surface area (Å²) >= 11 is 0. The molecule has 5 aromatic rings. The van der Waals surface area contributed by atoms with Crippen molar-refractivity contribution in [3.05, 3.63) is 64.7 Å². The Hall–Kier alpha value is -3.98. The maximum absolute atomic E-state index is 13.5. The van der Waals surface area contributed by atoms with Crippen LogP contribution in [0.1, 0.15) is 18.9 Å². The summed E-state index contributed by atoms with van der Waals surface area (Å²) in [4.78, 5) is 27.9.